The molecule has 2 aromatic rings. The Morgan fingerprint density at radius 1 is 1.11 bits per heavy atom. The van der Waals surface area contributed by atoms with Crippen molar-refractivity contribution in [2.45, 2.75) is 10.6 Å². The summed E-state index contributed by atoms with van der Waals surface area (Å²) in [7, 11) is -3.54. The molecular formula is C13H11ClFNO2S. The van der Waals surface area contributed by atoms with Gasteiger partial charge < -0.3 is 5.73 Å². The molecule has 0 saturated heterocycles. The Bertz CT molecular complexity index is 679. The van der Waals surface area contributed by atoms with E-state index in [2.05, 4.69) is 0 Å². The fourth-order valence-electron chi connectivity index (χ4n) is 1.70. The number of nitrogens with two attached hydrogens (primary N) is 1. The van der Waals surface area contributed by atoms with Crippen LogP contribution in [0.4, 0.5) is 10.1 Å². The van der Waals surface area contributed by atoms with Gasteiger partial charge in [0.15, 0.2) is 9.84 Å². The highest BCUT2D eigenvalue weighted by molar-refractivity contribution is 7.90. The Morgan fingerprint density at radius 3 is 2.32 bits per heavy atom. The van der Waals surface area contributed by atoms with Crippen LogP contribution >= 0.6 is 11.6 Å². The van der Waals surface area contributed by atoms with E-state index in [4.69, 9.17) is 17.3 Å². The highest BCUT2D eigenvalue weighted by Gasteiger charge is 2.16. The molecular weight excluding hydrogens is 289 g/mol. The molecule has 0 unspecified atom stereocenters. The maximum Gasteiger partial charge on any atom is 0.182 e. The van der Waals surface area contributed by atoms with Gasteiger partial charge >= 0.3 is 0 Å². The van der Waals surface area contributed by atoms with Crippen molar-refractivity contribution in [1.29, 1.82) is 0 Å². The molecule has 0 aliphatic rings. The van der Waals surface area contributed by atoms with Gasteiger partial charge in [-0.2, -0.15) is 0 Å². The molecule has 0 atom stereocenters. The first-order valence-corrected chi connectivity index (χ1v) is 7.43. The molecule has 2 rings (SSSR count). The van der Waals surface area contributed by atoms with E-state index in [-0.39, 0.29) is 16.3 Å². The van der Waals surface area contributed by atoms with Crippen LogP contribution in [-0.4, -0.2) is 8.42 Å². The van der Waals surface area contributed by atoms with Crippen molar-refractivity contribution >= 4 is 27.1 Å². The minimum absolute atomic E-state index is 0.139. The van der Waals surface area contributed by atoms with Crippen LogP contribution in [-0.2, 0) is 15.6 Å². The van der Waals surface area contributed by atoms with E-state index in [0.29, 0.717) is 10.6 Å². The van der Waals surface area contributed by atoms with Gasteiger partial charge in [0, 0.05) is 10.7 Å². The van der Waals surface area contributed by atoms with Gasteiger partial charge in [-0.25, -0.2) is 12.8 Å². The fourth-order valence-corrected chi connectivity index (χ4v) is 3.15. The number of anilines is 1. The van der Waals surface area contributed by atoms with Gasteiger partial charge in [-0.1, -0.05) is 11.6 Å². The first kappa shape index (κ1) is 13.8. The summed E-state index contributed by atoms with van der Waals surface area (Å²) in [5, 5.41) is 0.453. The van der Waals surface area contributed by atoms with Crippen LogP contribution < -0.4 is 5.73 Å². The molecule has 0 aliphatic heterocycles. The highest BCUT2D eigenvalue weighted by Crippen LogP contribution is 2.20. The smallest absolute Gasteiger partial charge is 0.182 e. The predicted octanol–water partition coefficient (Wildman–Crippen LogP) is 3.04. The molecule has 2 aromatic carbocycles. The van der Waals surface area contributed by atoms with Crippen molar-refractivity contribution < 1.29 is 12.8 Å². The molecule has 6 heteroatoms. The van der Waals surface area contributed by atoms with E-state index in [1.807, 2.05) is 0 Å². The lowest BCUT2D eigenvalue weighted by molar-refractivity contribution is 0.594. The maximum absolute atomic E-state index is 13.2. The SMILES string of the molecule is Nc1cc(F)cc(CS(=O)(=O)c2ccc(Cl)cc2)c1. The minimum Gasteiger partial charge on any atom is -0.399 e. The molecule has 0 heterocycles. The standard InChI is InChI=1S/C13H11ClFNO2S/c14-10-1-3-13(4-2-10)19(17,18)8-9-5-11(15)7-12(16)6-9/h1-7H,8,16H2. The van der Waals surface area contributed by atoms with Crippen molar-refractivity contribution in [2.75, 3.05) is 5.73 Å². The average molecular weight is 300 g/mol. The summed E-state index contributed by atoms with van der Waals surface area (Å²) in [5.41, 5.74) is 5.99. The van der Waals surface area contributed by atoms with Crippen LogP contribution in [0.3, 0.4) is 0 Å². The molecule has 19 heavy (non-hydrogen) atoms. The largest absolute Gasteiger partial charge is 0.399 e. The second kappa shape index (κ2) is 5.19. The fraction of sp³-hybridized carbons (Fsp3) is 0.0769. The monoisotopic (exact) mass is 299 g/mol. The second-order valence-electron chi connectivity index (χ2n) is 4.11. The van der Waals surface area contributed by atoms with E-state index < -0.39 is 15.7 Å². The Hall–Kier alpha value is -1.59. The number of sulfone groups is 1. The Labute approximate surface area is 115 Å². The van der Waals surface area contributed by atoms with E-state index >= 15 is 0 Å². The topological polar surface area (TPSA) is 60.2 Å². The van der Waals surface area contributed by atoms with Crippen molar-refractivity contribution in [3.63, 3.8) is 0 Å². The first-order chi connectivity index (χ1) is 8.87. The molecule has 0 amide bonds. The van der Waals surface area contributed by atoms with Gasteiger partial charge in [-0.3, -0.25) is 0 Å². The summed E-state index contributed by atoms with van der Waals surface area (Å²) in [6.07, 6.45) is 0. The molecule has 3 nitrogen and oxygen atoms in total. The molecule has 0 aliphatic carbocycles. The average Bonchev–Trinajstić information content (AvgIpc) is 2.27. The molecule has 0 bridgehead atoms. The summed E-state index contributed by atoms with van der Waals surface area (Å²) in [5.74, 6) is -0.863. The lowest BCUT2D eigenvalue weighted by atomic mass is 10.2. The second-order valence-corrected chi connectivity index (χ2v) is 6.53. The summed E-state index contributed by atoms with van der Waals surface area (Å²) in [6.45, 7) is 0. The predicted molar refractivity (Wildman–Crippen MR) is 73.2 cm³/mol. The Kier molecular flexibility index (Phi) is 3.78. The summed E-state index contributed by atoms with van der Waals surface area (Å²) in [6, 6.07) is 9.56. The molecule has 0 radical (unpaired) electrons. The summed E-state index contributed by atoms with van der Waals surface area (Å²) >= 11 is 5.70. The summed E-state index contributed by atoms with van der Waals surface area (Å²) < 4.78 is 37.4. The third kappa shape index (κ3) is 3.45. The van der Waals surface area contributed by atoms with Crippen LogP contribution in [0.5, 0.6) is 0 Å². The van der Waals surface area contributed by atoms with Gasteiger partial charge in [0.25, 0.3) is 0 Å². The third-order valence-corrected chi connectivity index (χ3v) is 4.47. The minimum atomic E-state index is -3.54. The van der Waals surface area contributed by atoms with E-state index in [1.165, 1.54) is 30.3 Å². The lowest BCUT2D eigenvalue weighted by Gasteiger charge is -2.06. The number of hydrogen-bond acceptors (Lipinski definition) is 3. The first-order valence-electron chi connectivity index (χ1n) is 5.40. The molecule has 0 aromatic heterocycles. The van der Waals surface area contributed by atoms with Crippen LogP contribution in [0.1, 0.15) is 5.56 Å². The number of benzene rings is 2. The Balaban J connectivity index is 2.33. The van der Waals surface area contributed by atoms with E-state index in [0.717, 1.165) is 12.1 Å². The normalized spacial score (nSPS) is 11.5. The molecule has 0 saturated carbocycles. The molecule has 0 spiro atoms. The van der Waals surface area contributed by atoms with E-state index in [9.17, 15) is 12.8 Å². The van der Waals surface area contributed by atoms with Crippen molar-refractivity contribution in [1.82, 2.24) is 0 Å². The lowest BCUT2D eigenvalue weighted by Crippen LogP contribution is -2.05. The highest BCUT2D eigenvalue weighted by atomic mass is 35.5. The van der Waals surface area contributed by atoms with Crippen molar-refractivity contribution in [3.05, 3.63) is 58.9 Å². The maximum atomic E-state index is 13.2. The van der Waals surface area contributed by atoms with Gasteiger partial charge in [0.1, 0.15) is 5.82 Å². The van der Waals surface area contributed by atoms with Crippen LogP contribution in [0.2, 0.25) is 5.02 Å². The zero-order valence-electron chi connectivity index (χ0n) is 9.81. The quantitative estimate of drug-likeness (QED) is 0.886. The van der Waals surface area contributed by atoms with Crippen molar-refractivity contribution in [3.8, 4) is 0 Å². The van der Waals surface area contributed by atoms with Gasteiger partial charge in [-0.05, 0) is 48.0 Å². The Morgan fingerprint density at radius 2 is 1.74 bits per heavy atom. The zero-order valence-corrected chi connectivity index (χ0v) is 11.4. The van der Waals surface area contributed by atoms with Crippen LogP contribution in [0, 0.1) is 5.82 Å². The summed E-state index contributed by atoms with van der Waals surface area (Å²) in [4.78, 5) is 0.139. The van der Waals surface area contributed by atoms with Crippen molar-refractivity contribution in [2.24, 2.45) is 0 Å². The zero-order chi connectivity index (χ0) is 14.0. The third-order valence-electron chi connectivity index (χ3n) is 2.51. The number of halogens is 2. The van der Waals surface area contributed by atoms with Crippen LogP contribution in [0.15, 0.2) is 47.4 Å². The van der Waals surface area contributed by atoms with Gasteiger partial charge in [-0.15, -0.1) is 0 Å². The van der Waals surface area contributed by atoms with E-state index in [1.54, 1.807) is 0 Å². The van der Waals surface area contributed by atoms with Crippen LogP contribution in [0.25, 0.3) is 0 Å². The number of rotatable bonds is 3. The molecule has 2 N–H and O–H groups in total. The molecule has 0 fully saturated rings. The number of hydrogen-bond donors (Lipinski definition) is 1. The van der Waals surface area contributed by atoms with Gasteiger partial charge in [0.2, 0.25) is 0 Å². The van der Waals surface area contributed by atoms with Gasteiger partial charge in [0.05, 0.1) is 10.6 Å². The molecule has 100 valence electrons. The number of nitrogen functional groups attached to an aromatic ring is 1.